The molecule has 0 aliphatic rings. The molecule has 0 aliphatic carbocycles. The highest BCUT2D eigenvalue weighted by Crippen LogP contribution is 2.17. The van der Waals surface area contributed by atoms with Gasteiger partial charge in [-0.3, -0.25) is 4.79 Å². The Bertz CT molecular complexity index is 499. The monoisotopic (exact) mass is 298 g/mol. The Morgan fingerprint density at radius 3 is 3.00 bits per heavy atom. The van der Waals surface area contributed by atoms with Gasteiger partial charge in [0.2, 0.25) is 5.91 Å². The number of amides is 1. The summed E-state index contributed by atoms with van der Waals surface area (Å²) >= 11 is 9.00. The fourth-order valence-corrected chi connectivity index (χ4v) is 3.05. The van der Waals surface area contributed by atoms with Crippen LogP contribution in [0.3, 0.4) is 0 Å². The van der Waals surface area contributed by atoms with Crippen molar-refractivity contribution in [3.8, 4) is 0 Å². The van der Waals surface area contributed by atoms with E-state index < -0.39 is 0 Å². The van der Waals surface area contributed by atoms with Gasteiger partial charge in [0.25, 0.3) is 0 Å². The molecule has 6 heteroatoms. The highest BCUT2D eigenvalue weighted by Gasteiger charge is 2.04. The third-order valence-corrected chi connectivity index (χ3v) is 4.32. The Morgan fingerprint density at radius 1 is 1.44 bits per heavy atom. The van der Waals surface area contributed by atoms with E-state index >= 15 is 0 Å². The molecule has 2 heterocycles. The van der Waals surface area contributed by atoms with Gasteiger partial charge in [0.15, 0.2) is 0 Å². The average molecular weight is 299 g/mol. The smallest absolute Gasteiger partial charge is 0.235 e. The number of thiophene rings is 1. The van der Waals surface area contributed by atoms with Gasteiger partial charge in [-0.2, -0.15) is 0 Å². The van der Waals surface area contributed by atoms with Crippen LogP contribution < -0.4 is 5.32 Å². The van der Waals surface area contributed by atoms with E-state index in [4.69, 9.17) is 11.6 Å². The zero-order chi connectivity index (χ0) is 12.8. The van der Waals surface area contributed by atoms with E-state index in [1.807, 2.05) is 11.4 Å². The molecule has 94 valence electrons. The van der Waals surface area contributed by atoms with Crippen LogP contribution in [0.5, 0.6) is 0 Å². The molecule has 18 heavy (non-hydrogen) atoms. The molecule has 0 spiro atoms. The number of nitrogens with one attached hydrogen (secondary N) is 1. The number of hydrogen-bond donors (Lipinski definition) is 1. The van der Waals surface area contributed by atoms with Gasteiger partial charge in [-0.05, 0) is 23.6 Å². The van der Waals surface area contributed by atoms with Gasteiger partial charge in [0.1, 0.15) is 5.82 Å². The summed E-state index contributed by atoms with van der Waals surface area (Å²) in [6.07, 6.45) is 1.51. The minimum Gasteiger partial charge on any atom is -0.310 e. The molecule has 2 rings (SSSR count). The average Bonchev–Trinajstić information content (AvgIpc) is 2.85. The number of anilines is 1. The molecule has 0 bridgehead atoms. The first kappa shape index (κ1) is 13.4. The molecule has 2 aromatic heterocycles. The van der Waals surface area contributed by atoms with Gasteiger partial charge in [0, 0.05) is 16.8 Å². The van der Waals surface area contributed by atoms with E-state index in [-0.39, 0.29) is 5.91 Å². The Balaban J connectivity index is 1.73. The molecule has 0 saturated carbocycles. The van der Waals surface area contributed by atoms with E-state index in [0.29, 0.717) is 16.6 Å². The number of rotatable bonds is 5. The Labute approximate surface area is 119 Å². The summed E-state index contributed by atoms with van der Waals surface area (Å²) in [6, 6.07) is 7.46. The molecule has 3 nitrogen and oxygen atoms in total. The van der Waals surface area contributed by atoms with Gasteiger partial charge in [-0.25, -0.2) is 4.98 Å². The molecule has 0 unspecified atom stereocenters. The fourth-order valence-electron chi connectivity index (χ4n) is 1.27. The minimum absolute atomic E-state index is 0.0496. The van der Waals surface area contributed by atoms with Crippen molar-refractivity contribution in [1.29, 1.82) is 0 Å². The van der Waals surface area contributed by atoms with E-state index in [1.54, 1.807) is 35.2 Å². The lowest BCUT2D eigenvalue weighted by atomic mass is 10.4. The maximum Gasteiger partial charge on any atom is 0.235 e. The standard InChI is InChI=1S/C12H11ClN2OS2/c13-9-3-4-11(14-6-9)15-12(16)8-17-7-10-2-1-5-18-10/h1-6H,7-8H2,(H,14,15,16). The molecule has 0 atom stereocenters. The summed E-state index contributed by atoms with van der Waals surface area (Å²) in [5.41, 5.74) is 0. The minimum atomic E-state index is -0.0496. The molecule has 0 aromatic carbocycles. The van der Waals surface area contributed by atoms with Crippen molar-refractivity contribution < 1.29 is 4.79 Å². The first-order valence-corrected chi connectivity index (χ1v) is 7.67. The van der Waals surface area contributed by atoms with Crippen molar-refractivity contribution in [3.63, 3.8) is 0 Å². The summed E-state index contributed by atoms with van der Waals surface area (Å²) in [5.74, 6) is 1.76. The van der Waals surface area contributed by atoms with Crippen LogP contribution in [0.1, 0.15) is 4.88 Å². The molecule has 0 fully saturated rings. The molecule has 0 aliphatic heterocycles. The van der Waals surface area contributed by atoms with Crippen LogP contribution in [0.15, 0.2) is 35.8 Å². The number of thioether (sulfide) groups is 1. The predicted octanol–water partition coefficient (Wildman–Crippen LogP) is 3.67. The number of halogens is 1. The van der Waals surface area contributed by atoms with Crippen LogP contribution in [0.2, 0.25) is 5.02 Å². The van der Waals surface area contributed by atoms with E-state index in [0.717, 1.165) is 5.75 Å². The van der Waals surface area contributed by atoms with Crippen LogP contribution in [0, 0.1) is 0 Å². The third kappa shape index (κ3) is 4.33. The van der Waals surface area contributed by atoms with Gasteiger partial charge >= 0.3 is 0 Å². The molecule has 1 amide bonds. The SMILES string of the molecule is O=C(CSCc1cccs1)Nc1ccc(Cl)cn1. The number of pyridine rings is 1. The molecule has 2 aromatic rings. The lowest BCUT2D eigenvalue weighted by Gasteiger charge is -2.03. The summed E-state index contributed by atoms with van der Waals surface area (Å²) in [5, 5.41) is 5.31. The van der Waals surface area contributed by atoms with Crippen molar-refractivity contribution >= 4 is 46.4 Å². The van der Waals surface area contributed by atoms with Crippen molar-refractivity contribution in [2.24, 2.45) is 0 Å². The number of aromatic nitrogens is 1. The second-order valence-electron chi connectivity index (χ2n) is 3.48. The number of hydrogen-bond acceptors (Lipinski definition) is 4. The summed E-state index contributed by atoms with van der Waals surface area (Å²) in [6.45, 7) is 0. The lowest BCUT2D eigenvalue weighted by Crippen LogP contribution is -2.14. The summed E-state index contributed by atoms with van der Waals surface area (Å²) in [4.78, 5) is 16.9. The Hall–Kier alpha value is -1.04. The summed E-state index contributed by atoms with van der Waals surface area (Å²) < 4.78 is 0. The maximum absolute atomic E-state index is 11.6. The normalized spacial score (nSPS) is 10.3. The Morgan fingerprint density at radius 2 is 2.33 bits per heavy atom. The molecule has 0 saturated heterocycles. The largest absolute Gasteiger partial charge is 0.310 e. The number of nitrogens with zero attached hydrogens (tertiary/aromatic N) is 1. The first-order valence-electron chi connectivity index (χ1n) is 5.25. The lowest BCUT2D eigenvalue weighted by molar-refractivity contribution is -0.113. The second-order valence-corrected chi connectivity index (χ2v) is 5.94. The van der Waals surface area contributed by atoms with Gasteiger partial charge in [0.05, 0.1) is 10.8 Å². The zero-order valence-electron chi connectivity index (χ0n) is 9.43. The molecule has 0 radical (unpaired) electrons. The topological polar surface area (TPSA) is 42.0 Å². The maximum atomic E-state index is 11.6. The van der Waals surface area contributed by atoms with Crippen molar-refractivity contribution in [2.75, 3.05) is 11.1 Å². The third-order valence-electron chi connectivity index (χ3n) is 2.05. The van der Waals surface area contributed by atoms with Crippen LogP contribution in [0.25, 0.3) is 0 Å². The Kier molecular flexibility index (Phi) is 5.04. The zero-order valence-corrected chi connectivity index (χ0v) is 11.8. The quantitative estimate of drug-likeness (QED) is 0.916. The van der Waals surface area contributed by atoms with Crippen LogP contribution in [0.4, 0.5) is 5.82 Å². The molecular formula is C12H11ClN2OS2. The molecular weight excluding hydrogens is 288 g/mol. The fraction of sp³-hybridized carbons (Fsp3) is 0.167. The number of carbonyl (C=O) groups excluding carboxylic acids is 1. The van der Waals surface area contributed by atoms with Crippen molar-refractivity contribution in [1.82, 2.24) is 4.98 Å². The molecule has 1 N–H and O–H groups in total. The highest BCUT2D eigenvalue weighted by molar-refractivity contribution is 7.99. The van der Waals surface area contributed by atoms with E-state index in [2.05, 4.69) is 16.4 Å². The van der Waals surface area contributed by atoms with Crippen LogP contribution in [-0.4, -0.2) is 16.6 Å². The summed E-state index contributed by atoms with van der Waals surface area (Å²) in [7, 11) is 0. The van der Waals surface area contributed by atoms with Crippen LogP contribution in [-0.2, 0) is 10.5 Å². The van der Waals surface area contributed by atoms with Crippen LogP contribution >= 0.6 is 34.7 Å². The van der Waals surface area contributed by atoms with E-state index in [9.17, 15) is 4.79 Å². The van der Waals surface area contributed by atoms with Crippen molar-refractivity contribution in [3.05, 3.63) is 45.7 Å². The first-order chi connectivity index (χ1) is 8.74. The number of carbonyl (C=O) groups is 1. The van der Waals surface area contributed by atoms with Gasteiger partial charge in [-0.1, -0.05) is 17.7 Å². The highest BCUT2D eigenvalue weighted by atomic mass is 35.5. The van der Waals surface area contributed by atoms with E-state index in [1.165, 1.54) is 11.1 Å². The predicted molar refractivity (Wildman–Crippen MR) is 78.4 cm³/mol. The van der Waals surface area contributed by atoms with Crippen molar-refractivity contribution in [2.45, 2.75) is 5.75 Å². The second kappa shape index (κ2) is 6.78. The van der Waals surface area contributed by atoms with Gasteiger partial charge < -0.3 is 5.32 Å². The van der Waals surface area contributed by atoms with Gasteiger partial charge in [-0.15, -0.1) is 23.1 Å².